The van der Waals surface area contributed by atoms with Gasteiger partial charge in [-0.25, -0.2) is 0 Å². The van der Waals surface area contributed by atoms with Gasteiger partial charge < -0.3 is 9.47 Å². The van der Waals surface area contributed by atoms with Crippen molar-refractivity contribution in [1.29, 1.82) is 0 Å². The van der Waals surface area contributed by atoms with Gasteiger partial charge in [-0.3, -0.25) is 23.0 Å². The predicted molar refractivity (Wildman–Crippen MR) is 210 cm³/mol. The van der Waals surface area contributed by atoms with E-state index in [9.17, 15) is 56.7 Å². The highest BCUT2D eigenvalue weighted by Gasteiger charge is 2.32. The Balaban J connectivity index is 1.80. The fraction of sp³-hybridized carbons (Fsp3) is 0.342. The number of benzene rings is 4. The van der Waals surface area contributed by atoms with Crippen LogP contribution in [0.2, 0.25) is 0 Å². The molecule has 0 amide bonds. The van der Waals surface area contributed by atoms with Crippen molar-refractivity contribution in [2.75, 3.05) is 0 Å². The molecule has 15 nitrogen and oxygen atoms in total. The molecule has 0 saturated carbocycles. The first kappa shape index (κ1) is 45.5. The second kappa shape index (κ2) is 16.6. The average Bonchev–Trinajstić information content (AvgIpc) is 3.13. The van der Waals surface area contributed by atoms with Crippen molar-refractivity contribution in [3.05, 3.63) is 89.5 Å². The average molecular weight is 869 g/mol. The zero-order valence-corrected chi connectivity index (χ0v) is 35.1. The van der Waals surface area contributed by atoms with Crippen LogP contribution in [0.25, 0.3) is 11.1 Å². The molecule has 57 heavy (non-hydrogen) atoms. The van der Waals surface area contributed by atoms with Crippen molar-refractivity contribution in [3.63, 3.8) is 0 Å². The molecule has 1 unspecified atom stereocenters. The molecule has 1 atom stereocenters. The third-order valence-electron chi connectivity index (χ3n) is 10.1. The van der Waals surface area contributed by atoms with Crippen molar-refractivity contribution in [1.82, 2.24) is 0 Å². The highest BCUT2D eigenvalue weighted by Crippen LogP contribution is 2.40. The molecule has 19 heteroatoms. The summed E-state index contributed by atoms with van der Waals surface area (Å²) in [6.07, 6.45) is 2.76. The summed E-state index contributed by atoms with van der Waals surface area (Å²) in [5, 5.41) is 0. The van der Waals surface area contributed by atoms with Crippen LogP contribution in [0.15, 0.2) is 92.4 Å². The summed E-state index contributed by atoms with van der Waals surface area (Å²) >= 11 is 0. The van der Waals surface area contributed by atoms with E-state index in [1.807, 2.05) is 34.6 Å². The van der Waals surface area contributed by atoms with Crippen LogP contribution >= 0.6 is 0 Å². The highest BCUT2D eigenvalue weighted by molar-refractivity contribution is 7.86. The maximum Gasteiger partial charge on any atom is 0.298 e. The molecule has 4 aromatic carbocycles. The first-order valence-electron chi connectivity index (χ1n) is 17.6. The van der Waals surface area contributed by atoms with Crippen molar-refractivity contribution in [2.45, 2.75) is 104 Å². The maximum absolute atomic E-state index is 13.6. The van der Waals surface area contributed by atoms with E-state index in [2.05, 4.69) is 0 Å². The molecule has 4 aromatic rings. The van der Waals surface area contributed by atoms with E-state index < -0.39 is 88.4 Å². The van der Waals surface area contributed by atoms with Crippen LogP contribution in [0.3, 0.4) is 0 Å². The zero-order chi connectivity index (χ0) is 42.9. The van der Waals surface area contributed by atoms with Gasteiger partial charge in [0.1, 0.15) is 37.5 Å². The molecule has 4 N–H and O–H groups in total. The summed E-state index contributed by atoms with van der Waals surface area (Å²) in [6, 6.07) is 13.2. The molecule has 0 spiro atoms. The van der Waals surface area contributed by atoms with Crippen LogP contribution in [0.5, 0.6) is 17.2 Å². The Bertz CT molecular complexity index is 2650. The van der Waals surface area contributed by atoms with E-state index in [0.717, 1.165) is 36.4 Å². The fourth-order valence-electron chi connectivity index (χ4n) is 6.26. The Labute approximate surface area is 333 Å². The normalized spacial score (nSPS) is 13.9. The van der Waals surface area contributed by atoms with Crippen LogP contribution in [-0.4, -0.2) is 63.3 Å². The van der Waals surface area contributed by atoms with Crippen LogP contribution in [0, 0.1) is 0 Å². The molecule has 0 aliphatic rings. The molecular formula is C38H44O15S4. The molecule has 0 aliphatic heterocycles. The minimum Gasteiger partial charge on any atom is -0.486 e. The summed E-state index contributed by atoms with van der Waals surface area (Å²) in [7, 11) is -20.1. The second-order valence-electron chi connectivity index (χ2n) is 14.0. The minimum atomic E-state index is -5.22. The molecule has 0 fully saturated rings. The lowest BCUT2D eigenvalue weighted by molar-refractivity contribution is 0.0766. The Kier molecular flexibility index (Phi) is 13.2. The Hall–Kier alpha value is -4.21. The van der Waals surface area contributed by atoms with Gasteiger partial charge in [-0.1, -0.05) is 65.3 Å². The largest absolute Gasteiger partial charge is 0.486 e. The number of carbonyl (C=O) groups excluding carboxylic acids is 1. The van der Waals surface area contributed by atoms with E-state index in [1.54, 1.807) is 6.92 Å². The molecule has 0 saturated heterocycles. The molecule has 0 aliphatic carbocycles. The van der Waals surface area contributed by atoms with E-state index in [0.29, 0.717) is 38.2 Å². The van der Waals surface area contributed by atoms with Gasteiger partial charge in [-0.05, 0) is 103 Å². The highest BCUT2D eigenvalue weighted by atomic mass is 32.2. The zero-order valence-electron chi connectivity index (χ0n) is 31.9. The Morgan fingerprint density at radius 1 is 0.544 bits per heavy atom. The predicted octanol–water partition coefficient (Wildman–Crippen LogP) is 7.79. The van der Waals surface area contributed by atoms with Crippen LogP contribution in [0.4, 0.5) is 0 Å². The van der Waals surface area contributed by atoms with Gasteiger partial charge in [0.15, 0.2) is 5.78 Å². The van der Waals surface area contributed by atoms with Gasteiger partial charge in [-0.15, -0.1) is 0 Å². The van der Waals surface area contributed by atoms with E-state index in [-0.39, 0.29) is 33.6 Å². The van der Waals surface area contributed by atoms with Crippen LogP contribution < -0.4 is 9.47 Å². The third-order valence-corrected chi connectivity index (χ3v) is 13.6. The SMILES string of the molecule is CCCC(C)(CC)c1ccc(C(=O)c2ccc(Oc3ccc(-c4ccc(OC(C)(CC)CC)c(S(=O)(=O)O)c4)cc3S(=O)(=O)O)c(S(=O)(=O)O)c2)cc1S(=O)(=O)O. The topological polar surface area (TPSA) is 253 Å². The summed E-state index contributed by atoms with van der Waals surface area (Å²) < 4.78 is 152. The summed E-state index contributed by atoms with van der Waals surface area (Å²) in [4.78, 5) is 10.6. The molecule has 4 rings (SSSR count). The van der Waals surface area contributed by atoms with Crippen molar-refractivity contribution >= 4 is 46.3 Å². The number of carbonyl (C=O) groups is 1. The van der Waals surface area contributed by atoms with Crippen molar-refractivity contribution in [2.24, 2.45) is 0 Å². The van der Waals surface area contributed by atoms with Crippen molar-refractivity contribution < 1.29 is 66.2 Å². The third kappa shape index (κ3) is 10.3. The van der Waals surface area contributed by atoms with E-state index in [4.69, 9.17) is 9.47 Å². The maximum atomic E-state index is 13.6. The number of ether oxygens (including phenoxy) is 2. The van der Waals surface area contributed by atoms with Crippen molar-refractivity contribution in [3.8, 4) is 28.4 Å². The van der Waals surface area contributed by atoms with Gasteiger partial charge in [0, 0.05) is 11.1 Å². The van der Waals surface area contributed by atoms with E-state index in [1.165, 1.54) is 30.3 Å². The smallest absolute Gasteiger partial charge is 0.298 e. The lowest BCUT2D eigenvalue weighted by atomic mass is 9.76. The quantitative estimate of drug-likeness (QED) is 0.0584. The second-order valence-corrected chi connectivity index (χ2v) is 19.5. The summed E-state index contributed by atoms with van der Waals surface area (Å²) in [5.41, 5.74) is -1.74. The van der Waals surface area contributed by atoms with Gasteiger partial charge in [0.25, 0.3) is 40.5 Å². The Morgan fingerprint density at radius 2 is 0.947 bits per heavy atom. The standard InChI is InChI=1S/C38H44O15S4/c1-7-19-37(5,8-2)28-15-11-26(22-32(28)54(40,41)42)36(39)27-14-17-30(34(23-27)56(46,47)48)52-29-16-12-24(20-33(29)55(43,44)45)25-13-18-31(35(21-25)57(49,50)51)53-38(6,9-3)10-4/h11-18,20-23H,7-10,19H2,1-6H3,(H,40,41,42)(H,43,44,45)(H,46,47,48)(H,49,50,51). The lowest BCUT2D eigenvalue weighted by Crippen LogP contribution is -2.31. The molecule has 0 heterocycles. The van der Waals surface area contributed by atoms with E-state index >= 15 is 0 Å². The number of ketones is 1. The molecule has 0 aromatic heterocycles. The van der Waals surface area contributed by atoms with Gasteiger partial charge >= 0.3 is 0 Å². The first-order valence-corrected chi connectivity index (χ1v) is 23.4. The number of hydrogen-bond acceptors (Lipinski definition) is 11. The summed E-state index contributed by atoms with van der Waals surface area (Å²) in [5.74, 6) is -2.41. The monoisotopic (exact) mass is 868 g/mol. The van der Waals surface area contributed by atoms with Crippen LogP contribution in [-0.2, 0) is 45.9 Å². The minimum absolute atomic E-state index is 0.000319. The number of rotatable bonds is 17. The fourth-order valence-corrected chi connectivity index (χ4v) is 9.04. The molecular weight excluding hydrogens is 825 g/mol. The van der Waals surface area contributed by atoms with Gasteiger partial charge in [-0.2, -0.15) is 33.7 Å². The van der Waals surface area contributed by atoms with Gasteiger partial charge in [0.2, 0.25) is 0 Å². The molecule has 310 valence electrons. The van der Waals surface area contributed by atoms with Gasteiger partial charge in [0.05, 0.1) is 4.90 Å². The number of hydrogen-bond donors (Lipinski definition) is 4. The molecule has 0 radical (unpaired) electrons. The van der Waals surface area contributed by atoms with Crippen LogP contribution in [0.1, 0.15) is 95.1 Å². The first-order chi connectivity index (χ1) is 26.2. The summed E-state index contributed by atoms with van der Waals surface area (Å²) in [6.45, 7) is 11.0. The molecule has 0 bridgehead atoms. The Morgan fingerprint density at radius 3 is 1.39 bits per heavy atom. The lowest BCUT2D eigenvalue weighted by Gasteiger charge is -2.30.